The average molecular weight is 247 g/mol. The van der Waals surface area contributed by atoms with E-state index in [0.29, 0.717) is 5.69 Å². The minimum absolute atomic E-state index is 0.689. The second-order valence-corrected chi connectivity index (χ2v) is 4.25. The first-order valence-electron chi connectivity index (χ1n) is 6.07. The quantitative estimate of drug-likeness (QED) is 0.755. The Bertz CT molecular complexity index is 621. The van der Waals surface area contributed by atoms with Crippen LogP contribution < -0.4 is 5.73 Å². The van der Waals surface area contributed by atoms with E-state index >= 15 is 0 Å². The Hall–Kier alpha value is -2.68. The van der Waals surface area contributed by atoms with Crippen LogP contribution >= 0.6 is 0 Å². The van der Waals surface area contributed by atoms with Crippen LogP contribution in [0.2, 0.25) is 0 Å². The zero-order chi connectivity index (χ0) is 13.1. The second-order valence-electron chi connectivity index (χ2n) is 4.25. The first kappa shape index (κ1) is 11.4. The van der Waals surface area contributed by atoms with E-state index in [4.69, 9.17) is 5.73 Å². The van der Waals surface area contributed by atoms with Crippen LogP contribution in [0.25, 0.3) is 22.6 Å². The van der Waals surface area contributed by atoms with Crippen LogP contribution in [0.5, 0.6) is 0 Å². The van der Waals surface area contributed by atoms with Gasteiger partial charge in [0.05, 0.1) is 17.1 Å². The standard InChI is InChI=1S/C16H13N3/c17-13-10-15(12-6-2-1-3-7-12)19-16(11-13)14-8-4-5-9-18-14/h1-11H,(H2,17,19). The van der Waals surface area contributed by atoms with Gasteiger partial charge >= 0.3 is 0 Å². The highest BCUT2D eigenvalue weighted by Crippen LogP contribution is 2.24. The van der Waals surface area contributed by atoms with Gasteiger partial charge in [0.2, 0.25) is 0 Å². The number of aromatic nitrogens is 2. The third kappa shape index (κ3) is 2.45. The number of pyridine rings is 2. The van der Waals surface area contributed by atoms with Crippen molar-refractivity contribution in [3.05, 3.63) is 66.9 Å². The van der Waals surface area contributed by atoms with Crippen molar-refractivity contribution >= 4 is 5.69 Å². The highest BCUT2D eigenvalue weighted by atomic mass is 14.8. The van der Waals surface area contributed by atoms with Gasteiger partial charge in [0.1, 0.15) is 0 Å². The molecule has 0 amide bonds. The Kier molecular flexibility index (Phi) is 2.94. The highest BCUT2D eigenvalue weighted by molar-refractivity contribution is 5.69. The number of benzene rings is 1. The lowest BCUT2D eigenvalue weighted by Crippen LogP contribution is -1.94. The fourth-order valence-electron chi connectivity index (χ4n) is 1.95. The Morgan fingerprint density at radius 1 is 0.737 bits per heavy atom. The van der Waals surface area contributed by atoms with E-state index in [1.54, 1.807) is 6.20 Å². The van der Waals surface area contributed by atoms with Crippen molar-refractivity contribution in [2.75, 3.05) is 5.73 Å². The van der Waals surface area contributed by atoms with Gasteiger partial charge in [0.25, 0.3) is 0 Å². The van der Waals surface area contributed by atoms with Crippen molar-refractivity contribution in [2.24, 2.45) is 0 Å². The molecule has 0 saturated carbocycles. The molecule has 0 atom stereocenters. The van der Waals surface area contributed by atoms with Gasteiger partial charge in [-0.1, -0.05) is 36.4 Å². The van der Waals surface area contributed by atoms with Gasteiger partial charge < -0.3 is 5.73 Å². The molecule has 0 saturated heterocycles. The summed E-state index contributed by atoms with van der Waals surface area (Å²) < 4.78 is 0. The summed E-state index contributed by atoms with van der Waals surface area (Å²) in [7, 11) is 0. The fraction of sp³-hybridized carbons (Fsp3) is 0. The van der Waals surface area contributed by atoms with Gasteiger partial charge in [0, 0.05) is 17.4 Å². The molecular weight excluding hydrogens is 234 g/mol. The van der Waals surface area contributed by atoms with Crippen LogP contribution in [0.1, 0.15) is 0 Å². The predicted molar refractivity (Wildman–Crippen MR) is 77.3 cm³/mol. The molecule has 3 heteroatoms. The summed E-state index contributed by atoms with van der Waals surface area (Å²) in [6, 6.07) is 19.5. The van der Waals surface area contributed by atoms with E-state index in [1.165, 1.54) is 0 Å². The minimum atomic E-state index is 0.689. The summed E-state index contributed by atoms with van der Waals surface area (Å²) in [5, 5.41) is 0. The van der Waals surface area contributed by atoms with E-state index in [-0.39, 0.29) is 0 Å². The number of nitrogen functional groups attached to an aromatic ring is 1. The van der Waals surface area contributed by atoms with Crippen molar-refractivity contribution in [3.8, 4) is 22.6 Å². The molecule has 3 rings (SSSR count). The molecule has 3 aromatic rings. The molecule has 1 aromatic carbocycles. The summed E-state index contributed by atoms with van der Waals surface area (Å²) >= 11 is 0. The predicted octanol–water partition coefficient (Wildman–Crippen LogP) is 3.39. The highest BCUT2D eigenvalue weighted by Gasteiger charge is 2.05. The molecule has 0 aliphatic carbocycles. The topological polar surface area (TPSA) is 51.8 Å². The van der Waals surface area contributed by atoms with Crippen LogP contribution in [-0.2, 0) is 0 Å². The molecule has 0 aliphatic heterocycles. The number of hydrogen-bond donors (Lipinski definition) is 1. The molecule has 0 spiro atoms. The van der Waals surface area contributed by atoms with Gasteiger partial charge in [-0.25, -0.2) is 4.98 Å². The van der Waals surface area contributed by atoms with E-state index in [0.717, 1.165) is 22.6 Å². The monoisotopic (exact) mass is 247 g/mol. The second kappa shape index (κ2) is 4.90. The molecule has 3 nitrogen and oxygen atoms in total. The van der Waals surface area contributed by atoms with Crippen LogP contribution in [-0.4, -0.2) is 9.97 Å². The van der Waals surface area contributed by atoms with E-state index in [9.17, 15) is 0 Å². The van der Waals surface area contributed by atoms with Crippen molar-refractivity contribution in [1.29, 1.82) is 0 Å². The summed E-state index contributed by atoms with van der Waals surface area (Å²) in [5.74, 6) is 0. The van der Waals surface area contributed by atoms with Gasteiger partial charge in [-0.2, -0.15) is 0 Å². The number of anilines is 1. The number of rotatable bonds is 2. The summed E-state index contributed by atoms with van der Waals surface area (Å²) in [4.78, 5) is 8.94. The Balaban J connectivity index is 2.12. The molecule has 0 aliphatic rings. The fourth-order valence-corrected chi connectivity index (χ4v) is 1.95. The van der Waals surface area contributed by atoms with Gasteiger partial charge in [-0.15, -0.1) is 0 Å². The minimum Gasteiger partial charge on any atom is -0.399 e. The first-order valence-corrected chi connectivity index (χ1v) is 6.07. The lowest BCUT2D eigenvalue weighted by molar-refractivity contribution is 1.25. The Morgan fingerprint density at radius 2 is 1.47 bits per heavy atom. The average Bonchev–Trinajstić information content (AvgIpc) is 2.48. The van der Waals surface area contributed by atoms with Crippen LogP contribution in [0.15, 0.2) is 66.9 Å². The Morgan fingerprint density at radius 3 is 2.21 bits per heavy atom. The molecule has 2 heterocycles. The van der Waals surface area contributed by atoms with Gasteiger partial charge in [-0.3, -0.25) is 4.98 Å². The number of hydrogen-bond acceptors (Lipinski definition) is 3. The van der Waals surface area contributed by atoms with Gasteiger partial charge in [0.15, 0.2) is 0 Å². The molecule has 0 radical (unpaired) electrons. The summed E-state index contributed by atoms with van der Waals surface area (Å²) in [6.07, 6.45) is 1.75. The summed E-state index contributed by atoms with van der Waals surface area (Å²) in [6.45, 7) is 0. The van der Waals surface area contributed by atoms with E-state index in [1.807, 2.05) is 60.7 Å². The smallest absolute Gasteiger partial charge is 0.0914 e. The Labute approximate surface area is 111 Å². The third-order valence-corrected chi connectivity index (χ3v) is 2.84. The molecule has 92 valence electrons. The maximum absolute atomic E-state index is 5.97. The zero-order valence-corrected chi connectivity index (χ0v) is 10.3. The molecule has 0 bridgehead atoms. The van der Waals surface area contributed by atoms with Crippen LogP contribution in [0.4, 0.5) is 5.69 Å². The normalized spacial score (nSPS) is 10.3. The maximum Gasteiger partial charge on any atom is 0.0914 e. The SMILES string of the molecule is Nc1cc(-c2ccccc2)nc(-c2ccccn2)c1. The van der Waals surface area contributed by atoms with Crippen molar-refractivity contribution < 1.29 is 0 Å². The number of nitrogens with two attached hydrogens (primary N) is 1. The van der Waals surface area contributed by atoms with E-state index in [2.05, 4.69) is 9.97 Å². The molecule has 2 N–H and O–H groups in total. The molecule has 19 heavy (non-hydrogen) atoms. The number of nitrogens with zero attached hydrogens (tertiary/aromatic N) is 2. The van der Waals surface area contributed by atoms with Crippen molar-refractivity contribution in [3.63, 3.8) is 0 Å². The molecule has 0 fully saturated rings. The van der Waals surface area contributed by atoms with Crippen LogP contribution in [0.3, 0.4) is 0 Å². The molecular formula is C16H13N3. The third-order valence-electron chi connectivity index (χ3n) is 2.84. The van der Waals surface area contributed by atoms with Crippen LogP contribution in [0, 0.1) is 0 Å². The van der Waals surface area contributed by atoms with Crippen molar-refractivity contribution in [1.82, 2.24) is 9.97 Å². The first-order chi connectivity index (χ1) is 9.33. The van der Waals surface area contributed by atoms with Gasteiger partial charge in [-0.05, 0) is 24.3 Å². The lowest BCUT2D eigenvalue weighted by atomic mass is 10.1. The largest absolute Gasteiger partial charge is 0.399 e. The molecule has 2 aromatic heterocycles. The van der Waals surface area contributed by atoms with Crippen molar-refractivity contribution in [2.45, 2.75) is 0 Å². The summed E-state index contributed by atoms with van der Waals surface area (Å²) in [5.41, 5.74) is 10.2. The zero-order valence-electron chi connectivity index (χ0n) is 10.3. The lowest BCUT2D eigenvalue weighted by Gasteiger charge is -2.06. The molecule has 0 unspecified atom stereocenters. The van der Waals surface area contributed by atoms with E-state index < -0.39 is 0 Å². The maximum atomic E-state index is 5.97.